The first-order valence-electron chi connectivity index (χ1n) is 13.0. The van der Waals surface area contributed by atoms with Crippen molar-refractivity contribution in [3.05, 3.63) is 71.0 Å². The number of aryl methyl sites for hydroxylation is 3. The summed E-state index contributed by atoms with van der Waals surface area (Å²) in [6.07, 6.45) is 1.76. The van der Waals surface area contributed by atoms with Gasteiger partial charge in [0.25, 0.3) is 0 Å². The Morgan fingerprint density at radius 2 is 1.81 bits per heavy atom. The molecule has 3 heterocycles. The van der Waals surface area contributed by atoms with Gasteiger partial charge in [-0.05, 0) is 70.4 Å². The van der Waals surface area contributed by atoms with Crippen LogP contribution in [0.3, 0.4) is 0 Å². The zero-order chi connectivity index (χ0) is 25.9. The monoisotopic (exact) mass is 498 g/mol. The maximum atomic E-state index is 13.1. The molecule has 192 valence electrons. The van der Waals surface area contributed by atoms with Gasteiger partial charge in [-0.3, -0.25) is 4.79 Å². The van der Waals surface area contributed by atoms with E-state index in [9.17, 15) is 4.79 Å². The van der Waals surface area contributed by atoms with Crippen molar-refractivity contribution in [1.29, 1.82) is 0 Å². The van der Waals surface area contributed by atoms with E-state index in [0.29, 0.717) is 19.7 Å². The second-order valence-corrected chi connectivity index (χ2v) is 9.75. The van der Waals surface area contributed by atoms with Gasteiger partial charge in [0.05, 0.1) is 35.0 Å². The normalized spacial score (nSPS) is 15.7. The lowest BCUT2D eigenvalue weighted by Gasteiger charge is -2.32. The standard InChI is InChI=1S/C29H34N6O2/c1-5-37-25-14-10-22(11-15-25)17-30-29(36)23-7-6-16-34(18-23)28-27-26(20(3)31-32-28)21(4)35(33-27)24-12-8-19(2)9-13-24/h8-15,23H,5-7,16-18H2,1-4H3,(H,30,36)/t23-/m0/s1. The highest BCUT2D eigenvalue weighted by molar-refractivity contribution is 5.92. The molecule has 8 nitrogen and oxygen atoms in total. The third kappa shape index (κ3) is 5.14. The fourth-order valence-corrected chi connectivity index (χ4v) is 5.05. The molecule has 0 bridgehead atoms. The molecule has 1 fully saturated rings. The number of hydrogen-bond acceptors (Lipinski definition) is 6. The number of carbonyl (C=O) groups excluding carboxylic acids is 1. The highest BCUT2D eigenvalue weighted by Gasteiger charge is 2.29. The van der Waals surface area contributed by atoms with E-state index in [1.807, 2.05) is 42.8 Å². The average Bonchev–Trinajstić information content (AvgIpc) is 3.27. The van der Waals surface area contributed by atoms with Crippen LogP contribution in [0.2, 0.25) is 0 Å². The lowest BCUT2D eigenvalue weighted by atomic mass is 9.97. The van der Waals surface area contributed by atoms with Gasteiger partial charge in [0.1, 0.15) is 11.3 Å². The predicted molar refractivity (Wildman–Crippen MR) is 145 cm³/mol. The van der Waals surface area contributed by atoms with E-state index >= 15 is 0 Å². The number of nitrogens with zero attached hydrogens (tertiary/aromatic N) is 5. The van der Waals surface area contributed by atoms with E-state index in [-0.39, 0.29) is 11.8 Å². The molecule has 0 radical (unpaired) electrons. The summed E-state index contributed by atoms with van der Waals surface area (Å²) in [6.45, 7) is 10.6. The fraction of sp³-hybridized carbons (Fsp3) is 0.379. The van der Waals surface area contributed by atoms with Gasteiger partial charge >= 0.3 is 0 Å². The van der Waals surface area contributed by atoms with Crippen LogP contribution in [0.5, 0.6) is 5.75 Å². The molecule has 2 aromatic carbocycles. The summed E-state index contributed by atoms with van der Waals surface area (Å²) >= 11 is 0. The van der Waals surface area contributed by atoms with Crippen molar-refractivity contribution in [1.82, 2.24) is 25.3 Å². The Bertz CT molecular complexity index is 1390. The predicted octanol–water partition coefficient (Wildman–Crippen LogP) is 4.67. The van der Waals surface area contributed by atoms with Gasteiger partial charge in [-0.1, -0.05) is 29.8 Å². The lowest BCUT2D eigenvalue weighted by molar-refractivity contribution is -0.125. The van der Waals surface area contributed by atoms with Crippen LogP contribution >= 0.6 is 0 Å². The first kappa shape index (κ1) is 24.7. The van der Waals surface area contributed by atoms with E-state index in [4.69, 9.17) is 9.84 Å². The van der Waals surface area contributed by atoms with Crippen LogP contribution < -0.4 is 15.0 Å². The van der Waals surface area contributed by atoms with Crippen molar-refractivity contribution < 1.29 is 9.53 Å². The smallest absolute Gasteiger partial charge is 0.225 e. The lowest BCUT2D eigenvalue weighted by Crippen LogP contribution is -2.43. The van der Waals surface area contributed by atoms with Gasteiger partial charge < -0.3 is 15.0 Å². The number of aromatic nitrogens is 4. The van der Waals surface area contributed by atoms with Crippen LogP contribution in [0.1, 0.15) is 42.3 Å². The summed E-state index contributed by atoms with van der Waals surface area (Å²) in [5, 5.41) is 18.1. The second kappa shape index (κ2) is 10.6. The molecule has 1 amide bonds. The Morgan fingerprint density at radius 3 is 2.54 bits per heavy atom. The molecule has 5 rings (SSSR count). The molecular formula is C29H34N6O2. The molecule has 0 aliphatic carbocycles. The fourth-order valence-electron chi connectivity index (χ4n) is 5.05. The van der Waals surface area contributed by atoms with Crippen LogP contribution in [0.25, 0.3) is 16.6 Å². The summed E-state index contributed by atoms with van der Waals surface area (Å²) in [5.74, 6) is 1.54. The van der Waals surface area contributed by atoms with E-state index in [1.54, 1.807) is 0 Å². The number of fused-ring (bicyclic) bond motifs is 1. The Balaban J connectivity index is 1.34. The van der Waals surface area contributed by atoms with Gasteiger partial charge in [-0.15, -0.1) is 5.10 Å². The number of piperidine rings is 1. The maximum absolute atomic E-state index is 13.1. The van der Waals surface area contributed by atoms with Gasteiger partial charge in [0.15, 0.2) is 5.82 Å². The minimum atomic E-state index is -0.116. The molecule has 1 N–H and O–H groups in total. The molecule has 0 unspecified atom stereocenters. The number of ether oxygens (including phenoxy) is 1. The van der Waals surface area contributed by atoms with Crippen LogP contribution in [0.4, 0.5) is 5.82 Å². The Kier molecular flexibility index (Phi) is 7.08. The average molecular weight is 499 g/mol. The largest absolute Gasteiger partial charge is 0.494 e. The van der Waals surface area contributed by atoms with Crippen molar-refractivity contribution in [2.75, 3.05) is 24.6 Å². The van der Waals surface area contributed by atoms with Gasteiger partial charge in [0, 0.05) is 19.6 Å². The Hall–Kier alpha value is -3.94. The maximum Gasteiger partial charge on any atom is 0.225 e. The number of hydrogen-bond donors (Lipinski definition) is 1. The van der Waals surface area contributed by atoms with Crippen LogP contribution in [0.15, 0.2) is 48.5 Å². The van der Waals surface area contributed by atoms with E-state index in [2.05, 4.69) is 58.5 Å². The van der Waals surface area contributed by atoms with Crippen molar-refractivity contribution in [3.8, 4) is 11.4 Å². The zero-order valence-electron chi connectivity index (χ0n) is 22.0. The third-order valence-electron chi connectivity index (χ3n) is 7.06. The van der Waals surface area contributed by atoms with Crippen LogP contribution in [-0.2, 0) is 11.3 Å². The van der Waals surface area contributed by atoms with Crippen LogP contribution in [-0.4, -0.2) is 45.6 Å². The highest BCUT2D eigenvalue weighted by atomic mass is 16.5. The second-order valence-electron chi connectivity index (χ2n) is 9.75. The molecule has 1 aliphatic rings. The minimum Gasteiger partial charge on any atom is -0.494 e. The summed E-state index contributed by atoms with van der Waals surface area (Å²) in [6, 6.07) is 16.2. The Morgan fingerprint density at radius 1 is 1.05 bits per heavy atom. The molecule has 1 aliphatic heterocycles. The molecule has 0 saturated carbocycles. The van der Waals surface area contributed by atoms with Crippen molar-refractivity contribution in [2.45, 2.75) is 47.1 Å². The SMILES string of the molecule is CCOc1ccc(CNC(=O)[C@H]2CCCN(c3nnc(C)c4c(C)n(-c5ccc(C)cc5)nc34)C2)cc1. The Labute approximate surface area is 217 Å². The van der Waals surface area contributed by atoms with Gasteiger partial charge in [0.2, 0.25) is 5.91 Å². The molecule has 2 aromatic heterocycles. The summed E-state index contributed by atoms with van der Waals surface area (Å²) in [5.41, 5.74) is 5.99. The van der Waals surface area contributed by atoms with Crippen molar-refractivity contribution in [2.24, 2.45) is 5.92 Å². The number of anilines is 1. The summed E-state index contributed by atoms with van der Waals surface area (Å²) in [7, 11) is 0. The van der Waals surface area contributed by atoms with E-state index in [0.717, 1.165) is 64.5 Å². The zero-order valence-corrected chi connectivity index (χ0v) is 22.0. The quantitative estimate of drug-likeness (QED) is 0.399. The summed E-state index contributed by atoms with van der Waals surface area (Å²) in [4.78, 5) is 15.3. The van der Waals surface area contributed by atoms with E-state index in [1.165, 1.54) is 5.56 Å². The number of carbonyl (C=O) groups is 1. The van der Waals surface area contributed by atoms with Crippen molar-refractivity contribution in [3.63, 3.8) is 0 Å². The van der Waals surface area contributed by atoms with Gasteiger partial charge in [-0.2, -0.15) is 10.2 Å². The number of amides is 1. The number of nitrogens with one attached hydrogen (secondary N) is 1. The topological polar surface area (TPSA) is 85.2 Å². The first-order chi connectivity index (χ1) is 17.9. The molecular weight excluding hydrogens is 464 g/mol. The van der Waals surface area contributed by atoms with Crippen LogP contribution in [0, 0.1) is 26.7 Å². The molecule has 1 atom stereocenters. The molecule has 0 spiro atoms. The van der Waals surface area contributed by atoms with Gasteiger partial charge in [-0.25, -0.2) is 4.68 Å². The molecule has 8 heteroatoms. The summed E-state index contributed by atoms with van der Waals surface area (Å²) < 4.78 is 7.47. The molecule has 1 saturated heterocycles. The first-order valence-corrected chi connectivity index (χ1v) is 13.0. The van der Waals surface area contributed by atoms with E-state index < -0.39 is 0 Å². The number of benzene rings is 2. The molecule has 37 heavy (non-hydrogen) atoms. The minimum absolute atomic E-state index is 0.0660. The highest BCUT2D eigenvalue weighted by Crippen LogP contribution is 2.31. The molecule has 4 aromatic rings. The number of rotatable bonds is 7. The van der Waals surface area contributed by atoms with Crippen molar-refractivity contribution >= 4 is 22.6 Å². The third-order valence-corrected chi connectivity index (χ3v) is 7.06.